The van der Waals surface area contributed by atoms with Gasteiger partial charge in [-0.05, 0) is 25.1 Å². The summed E-state index contributed by atoms with van der Waals surface area (Å²) in [4.78, 5) is 22.9. The van der Waals surface area contributed by atoms with Crippen molar-refractivity contribution < 1.29 is 19.1 Å². The third kappa shape index (κ3) is 4.50. The number of carbonyl (C=O) groups is 2. The number of nitrogens with two attached hydrogens (primary N) is 1. The number of hydrogen-bond donors (Lipinski definition) is 2. The van der Waals surface area contributed by atoms with E-state index in [9.17, 15) is 9.59 Å². The van der Waals surface area contributed by atoms with Crippen molar-refractivity contribution in [2.75, 3.05) is 26.0 Å². The first-order valence-corrected chi connectivity index (χ1v) is 5.95. The van der Waals surface area contributed by atoms with Gasteiger partial charge in [0, 0.05) is 6.54 Å². The molecule has 1 aromatic rings. The van der Waals surface area contributed by atoms with Crippen LogP contribution in [0.2, 0.25) is 0 Å². The number of nitrogens with one attached hydrogen (secondary N) is 1. The first-order chi connectivity index (χ1) is 9.08. The number of esters is 1. The van der Waals surface area contributed by atoms with E-state index in [1.54, 1.807) is 12.1 Å². The summed E-state index contributed by atoms with van der Waals surface area (Å²) in [6.45, 7) is 2.42. The Morgan fingerprint density at radius 3 is 2.74 bits per heavy atom. The summed E-state index contributed by atoms with van der Waals surface area (Å²) in [7, 11) is 1.47. The van der Waals surface area contributed by atoms with Crippen LogP contribution >= 0.6 is 0 Å². The number of ether oxygens (including phenoxy) is 2. The van der Waals surface area contributed by atoms with Crippen LogP contribution in [-0.2, 0) is 9.53 Å². The second-order valence-corrected chi connectivity index (χ2v) is 3.80. The molecule has 6 nitrogen and oxygen atoms in total. The molecule has 0 fully saturated rings. The van der Waals surface area contributed by atoms with Gasteiger partial charge >= 0.3 is 5.97 Å². The van der Waals surface area contributed by atoms with Gasteiger partial charge in [0.2, 0.25) is 5.91 Å². The quantitative estimate of drug-likeness (QED) is 0.591. The Morgan fingerprint density at radius 2 is 2.11 bits per heavy atom. The molecule has 19 heavy (non-hydrogen) atoms. The van der Waals surface area contributed by atoms with E-state index in [1.165, 1.54) is 13.2 Å². The number of carbonyl (C=O) groups excluding carboxylic acids is 2. The minimum absolute atomic E-state index is 0.0390. The van der Waals surface area contributed by atoms with Crippen molar-refractivity contribution in [1.29, 1.82) is 0 Å². The van der Waals surface area contributed by atoms with E-state index < -0.39 is 5.97 Å². The van der Waals surface area contributed by atoms with Crippen LogP contribution in [0.1, 0.15) is 23.7 Å². The Bertz CT molecular complexity index is 460. The Balaban J connectivity index is 2.52. The molecule has 0 unspecified atom stereocenters. The molecule has 0 bridgehead atoms. The molecule has 104 valence electrons. The number of nitrogen functional groups attached to an aromatic ring is 1. The van der Waals surface area contributed by atoms with Crippen molar-refractivity contribution in [2.24, 2.45) is 0 Å². The molecule has 0 aliphatic heterocycles. The highest BCUT2D eigenvalue weighted by Gasteiger charge is 2.11. The van der Waals surface area contributed by atoms with Crippen LogP contribution in [0, 0.1) is 0 Å². The highest BCUT2D eigenvalue weighted by Crippen LogP contribution is 2.22. The van der Waals surface area contributed by atoms with Crippen LogP contribution in [0.25, 0.3) is 0 Å². The van der Waals surface area contributed by atoms with Crippen molar-refractivity contribution in [3.63, 3.8) is 0 Å². The van der Waals surface area contributed by atoms with E-state index in [-0.39, 0.29) is 18.9 Å². The van der Waals surface area contributed by atoms with E-state index >= 15 is 0 Å². The van der Waals surface area contributed by atoms with Gasteiger partial charge in [0.15, 0.2) is 0 Å². The average molecular weight is 266 g/mol. The Labute approximate surface area is 111 Å². The lowest BCUT2D eigenvalue weighted by Crippen LogP contribution is -2.24. The predicted octanol–water partition coefficient (Wildman–Crippen LogP) is 0.960. The SMILES string of the molecule is CCNC(=O)CCOC(=O)c1ccc(N)c(OC)c1. The van der Waals surface area contributed by atoms with Crippen molar-refractivity contribution in [1.82, 2.24) is 5.32 Å². The third-order valence-electron chi connectivity index (χ3n) is 2.41. The van der Waals surface area contributed by atoms with E-state index in [4.69, 9.17) is 15.2 Å². The first kappa shape index (κ1) is 14.8. The molecule has 0 spiro atoms. The van der Waals surface area contributed by atoms with Crippen molar-refractivity contribution in [3.8, 4) is 5.75 Å². The summed E-state index contributed by atoms with van der Waals surface area (Å²) in [5.74, 6) is -0.244. The Hall–Kier alpha value is -2.24. The van der Waals surface area contributed by atoms with E-state index in [0.29, 0.717) is 23.5 Å². The smallest absolute Gasteiger partial charge is 0.338 e. The Kier molecular flexibility index (Phi) is 5.66. The van der Waals surface area contributed by atoms with Crippen molar-refractivity contribution in [3.05, 3.63) is 23.8 Å². The summed E-state index contributed by atoms with van der Waals surface area (Å²) in [6, 6.07) is 4.62. The number of anilines is 1. The molecule has 1 rings (SSSR count). The summed E-state index contributed by atoms with van der Waals surface area (Å²) < 4.78 is 10.0. The maximum atomic E-state index is 11.7. The second-order valence-electron chi connectivity index (χ2n) is 3.80. The molecule has 1 amide bonds. The van der Waals surface area contributed by atoms with E-state index in [2.05, 4.69) is 5.32 Å². The molecule has 0 saturated heterocycles. The third-order valence-corrected chi connectivity index (χ3v) is 2.41. The topological polar surface area (TPSA) is 90.7 Å². The molecule has 1 aromatic carbocycles. The number of amides is 1. The lowest BCUT2D eigenvalue weighted by Gasteiger charge is -2.08. The highest BCUT2D eigenvalue weighted by atomic mass is 16.5. The summed E-state index contributed by atoms with van der Waals surface area (Å²) in [5.41, 5.74) is 6.42. The largest absolute Gasteiger partial charge is 0.495 e. The van der Waals surface area contributed by atoms with Gasteiger partial charge in [-0.3, -0.25) is 4.79 Å². The van der Waals surface area contributed by atoms with Crippen LogP contribution in [0.5, 0.6) is 5.75 Å². The molecule has 0 aromatic heterocycles. The van der Waals surface area contributed by atoms with Crippen LogP contribution in [0.3, 0.4) is 0 Å². The van der Waals surface area contributed by atoms with Gasteiger partial charge in [0.05, 0.1) is 24.8 Å². The molecular weight excluding hydrogens is 248 g/mol. The minimum atomic E-state index is -0.511. The fourth-order valence-electron chi connectivity index (χ4n) is 1.44. The molecule has 6 heteroatoms. The molecule has 0 atom stereocenters. The zero-order valence-corrected chi connectivity index (χ0v) is 11.1. The molecule has 0 aliphatic rings. The van der Waals surface area contributed by atoms with Gasteiger partial charge in [-0.15, -0.1) is 0 Å². The van der Waals surface area contributed by atoms with Crippen LogP contribution in [0.15, 0.2) is 18.2 Å². The maximum absolute atomic E-state index is 11.7. The number of hydrogen-bond acceptors (Lipinski definition) is 5. The van der Waals surface area contributed by atoms with E-state index in [0.717, 1.165) is 0 Å². The molecule has 0 saturated carbocycles. The molecule has 3 N–H and O–H groups in total. The van der Waals surface area contributed by atoms with Crippen molar-refractivity contribution >= 4 is 17.6 Å². The van der Waals surface area contributed by atoms with Crippen LogP contribution < -0.4 is 15.8 Å². The second kappa shape index (κ2) is 7.25. The predicted molar refractivity (Wildman–Crippen MR) is 71.0 cm³/mol. The Morgan fingerprint density at radius 1 is 1.37 bits per heavy atom. The zero-order chi connectivity index (χ0) is 14.3. The van der Waals surface area contributed by atoms with Gasteiger partial charge < -0.3 is 20.5 Å². The lowest BCUT2D eigenvalue weighted by molar-refractivity contribution is -0.121. The molecule has 0 heterocycles. The average Bonchev–Trinajstić information content (AvgIpc) is 2.39. The number of benzene rings is 1. The monoisotopic (exact) mass is 266 g/mol. The number of methoxy groups -OCH3 is 1. The van der Waals surface area contributed by atoms with Gasteiger partial charge in [-0.25, -0.2) is 4.79 Å². The zero-order valence-electron chi connectivity index (χ0n) is 11.1. The van der Waals surface area contributed by atoms with Gasteiger partial charge in [-0.2, -0.15) is 0 Å². The van der Waals surface area contributed by atoms with Crippen LogP contribution in [0.4, 0.5) is 5.69 Å². The summed E-state index contributed by atoms with van der Waals surface area (Å²) >= 11 is 0. The molecular formula is C13H18N2O4. The highest BCUT2D eigenvalue weighted by molar-refractivity contribution is 5.90. The molecule has 0 aliphatic carbocycles. The van der Waals surface area contributed by atoms with E-state index in [1.807, 2.05) is 6.92 Å². The van der Waals surface area contributed by atoms with Crippen molar-refractivity contribution in [2.45, 2.75) is 13.3 Å². The van der Waals surface area contributed by atoms with Gasteiger partial charge in [0.1, 0.15) is 12.4 Å². The normalized spacial score (nSPS) is 9.79. The lowest BCUT2D eigenvalue weighted by atomic mass is 10.2. The van der Waals surface area contributed by atoms with Crippen LogP contribution in [-0.4, -0.2) is 32.1 Å². The maximum Gasteiger partial charge on any atom is 0.338 e. The minimum Gasteiger partial charge on any atom is -0.495 e. The standard InChI is InChI=1S/C13H18N2O4/c1-3-15-12(16)6-7-19-13(17)9-4-5-10(14)11(8-9)18-2/h4-5,8H,3,6-7,14H2,1-2H3,(H,15,16). The summed E-state index contributed by atoms with van der Waals surface area (Å²) in [6.07, 6.45) is 0.145. The van der Waals surface area contributed by atoms with Gasteiger partial charge in [-0.1, -0.05) is 0 Å². The molecule has 0 radical (unpaired) electrons. The summed E-state index contributed by atoms with van der Waals surface area (Å²) in [5, 5.41) is 2.62. The van der Waals surface area contributed by atoms with Gasteiger partial charge in [0.25, 0.3) is 0 Å². The number of rotatable bonds is 6. The fraction of sp³-hybridized carbons (Fsp3) is 0.385. The first-order valence-electron chi connectivity index (χ1n) is 5.95. The fourth-order valence-corrected chi connectivity index (χ4v) is 1.44.